The molecule has 0 saturated heterocycles. The van der Waals surface area contributed by atoms with Gasteiger partial charge in [0.1, 0.15) is 11.5 Å². The number of nitrogens with zero attached hydrogens (tertiary/aromatic N) is 2. The van der Waals surface area contributed by atoms with Crippen LogP contribution in [0.3, 0.4) is 0 Å². The molecular formula is C18H24N2O5. The molecule has 0 aromatic heterocycles. The summed E-state index contributed by atoms with van der Waals surface area (Å²) < 4.78 is 10.5. The van der Waals surface area contributed by atoms with Gasteiger partial charge in [0.05, 0.1) is 26.3 Å². The molecule has 0 saturated carbocycles. The maximum Gasteiger partial charge on any atom is 0.319 e. The monoisotopic (exact) mass is 348 g/mol. The predicted octanol–water partition coefficient (Wildman–Crippen LogP) is 1.83. The van der Waals surface area contributed by atoms with Crippen molar-refractivity contribution in [2.75, 3.05) is 14.2 Å². The normalized spacial score (nSPS) is 13.3. The van der Waals surface area contributed by atoms with Crippen LogP contribution in [0.5, 0.6) is 11.5 Å². The Morgan fingerprint density at radius 1 is 1.08 bits per heavy atom. The van der Waals surface area contributed by atoms with Crippen LogP contribution in [-0.4, -0.2) is 53.8 Å². The maximum atomic E-state index is 12.7. The quantitative estimate of drug-likeness (QED) is 0.776. The van der Waals surface area contributed by atoms with Crippen LogP contribution in [-0.2, 0) is 16.1 Å². The number of amides is 3. The molecule has 0 N–H and O–H groups in total. The van der Waals surface area contributed by atoms with Crippen LogP contribution >= 0.6 is 0 Å². The highest BCUT2D eigenvalue weighted by atomic mass is 16.5. The van der Waals surface area contributed by atoms with Crippen molar-refractivity contribution in [3.63, 3.8) is 0 Å². The van der Waals surface area contributed by atoms with Crippen LogP contribution in [0, 0.1) is 0 Å². The molecule has 0 spiro atoms. The lowest BCUT2D eigenvalue weighted by molar-refractivity contribution is -0.152. The zero-order valence-electron chi connectivity index (χ0n) is 15.5. The molecule has 0 atom stereocenters. The van der Waals surface area contributed by atoms with Gasteiger partial charge in [-0.05, 0) is 33.8 Å². The Labute approximate surface area is 147 Å². The zero-order chi connectivity index (χ0) is 18.9. The Morgan fingerprint density at radius 3 is 2.16 bits per heavy atom. The first-order chi connectivity index (χ1) is 11.7. The van der Waals surface area contributed by atoms with E-state index in [4.69, 9.17) is 9.47 Å². The summed E-state index contributed by atoms with van der Waals surface area (Å²) in [5.74, 6) is -1.12. The van der Waals surface area contributed by atoms with Crippen molar-refractivity contribution in [3.05, 3.63) is 23.3 Å². The molecule has 1 aromatic carbocycles. The van der Waals surface area contributed by atoms with E-state index < -0.39 is 17.7 Å². The maximum absolute atomic E-state index is 12.7. The molecule has 25 heavy (non-hydrogen) atoms. The number of carbonyl (C=O) groups excluding carboxylic acids is 3. The fourth-order valence-electron chi connectivity index (χ4n) is 3.10. The van der Waals surface area contributed by atoms with Crippen LogP contribution < -0.4 is 9.47 Å². The summed E-state index contributed by atoms with van der Waals surface area (Å²) in [5, 5.41) is 0. The largest absolute Gasteiger partial charge is 0.497 e. The molecule has 2 rings (SSSR count). The van der Waals surface area contributed by atoms with Crippen LogP contribution in [0.4, 0.5) is 0 Å². The average Bonchev–Trinajstić information content (AvgIpc) is 2.89. The Kier molecular flexibility index (Phi) is 5.35. The molecule has 1 aromatic rings. The van der Waals surface area contributed by atoms with Gasteiger partial charge in [-0.25, -0.2) is 0 Å². The van der Waals surface area contributed by atoms with Gasteiger partial charge < -0.3 is 14.4 Å². The molecule has 0 radical (unpaired) electrons. The molecule has 0 fully saturated rings. The minimum Gasteiger partial charge on any atom is -0.497 e. The van der Waals surface area contributed by atoms with Crippen molar-refractivity contribution in [2.24, 2.45) is 0 Å². The minimum atomic E-state index is -0.829. The Morgan fingerprint density at radius 2 is 1.68 bits per heavy atom. The SMILES string of the molecule is COc1cc(OC)c2c(c1)C(=O)N(C(=O)C(=O)N(C(C)C)C(C)C)C2. The topological polar surface area (TPSA) is 76.1 Å². The molecule has 0 unspecified atom stereocenters. The number of carbonyl (C=O) groups is 3. The number of hydrogen-bond donors (Lipinski definition) is 0. The highest BCUT2D eigenvalue weighted by Crippen LogP contribution is 2.35. The highest BCUT2D eigenvalue weighted by molar-refractivity contribution is 6.38. The van der Waals surface area contributed by atoms with Crippen molar-refractivity contribution >= 4 is 17.7 Å². The summed E-state index contributed by atoms with van der Waals surface area (Å²) in [6.07, 6.45) is 0. The Hall–Kier alpha value is -2.57. The second-order valence-corrected chi connectivity index (χ2v) is 6.45. The van der Waals surface area contributed by atoms with E-state index in [0.29, 0.717) is 22.6 Å². The van der Waals surface area contributed by atoms with Gasteiger partial charge in [0.2, 0.25) is 0 Å². The lowest BCUT2D eigenvalue weighted by Gasteiger charge is -2.31. The third kappa shape index (κ3) is 3.31. The van der Waals surface area contributed by atoms with Gasteiger partial charge in [-0.1, -0.05) is 0 Å². The van der Waals surface area contributed by atoms with Gasteiger partial charge in [0.15, 0.2) is 0 Å². The summed E-state index contributed by atoms with van der Waals surface area (Å²) in [4.78, 5) is 40.4. The van der Waals surface area contributed by atoms with Crippen molar-refractivity contribution in [1.82, 2.24) is 9.80 Å². The lowest BCUT2D eigenvalue weighted by Crippen LogP contribution is -2.50. The first-order valence-electron chi connectivity index (χ1n) is 8.16. The molecule has 136 valence electrons. The van der Waals surface area contributed by atoms with Crippen LogP contribution in [0.15, 0.2) is 12.1 Å². The molecule has 1 heterocycles. The van der Waals surface area contributed by atoms with E-state index in [1.807, 2.05) is 27.7 Å². The number of ether oxygens (including phenoxy) is 2. The van der Waals surface area contributed by atoms with E-state index in [9.17, 15) is 14.4 Å². The summed E-state index contributed by atoms with van der Waals surface area (Å²) in [7, 11) is 2.96. The first kappa shape index (κ1) is 18.8. The van der Waals surface area contributed by atoms with Crippen molar-refractivity contribution < 1.29 is 23.9 Å². The molecule has 1 aliphatic heterocycles. The summed E-state index contributed by atoms with van der Waals surface area (Å²) in [6, 6.07) is 2.91. The zero-order valence-corrected chi connectivity index (χ0v) is 15.5. The minimum absolute atomic E-state index is 0.00986. The third-order valence-corrected chi connectivity index (χ3v) is 4.21. The summed E-state index contributed by atoms with van der Waals surface area (Å²) >= 11 is 0. The number of benzene rings is 1. The molecule has 1 aliphatic rings. The molecule has 0 aliphatic carbocycles. The molecule has 7 heteroatoms. The standard InChI is InChI=1S/C18H24N2O5/c1-10(2)20(11(3)4)18(23)17(22)19-9-14-13(16(19)21)7-12(24-5)8-15(14)25-6/h7-8,10-11H,9H2,1-6H3. The molecular weight excluding hydrogens is 324 g/mol. The fraction of sp³-hybridized carbons (Fsp3) is 0.500. The summed E-state index contributed by atoms with van der Waals surface area (Å²) in [5.41, 5.74) is 0.896. The van der Waals surface area contributed by atoms with E-state index in [1.54, 1.807) is 12.1 Å². The van der Waals surface area contributed by atoms with Crippen LogP contribution in [0.25, 0.3) is 0 Å². The number of hydrogen-bond acceptors (Lipinski definition) is 5. The van der Waals surface area contributed by atoms with Gasteiger partial charge in [-0.2, -0.15) is 0 Å². The number of fused-ring (bicyclic) bond motifs is 1. The van der Waals surface area contributed by atoms with Crippen molar-refractivity contribution in [3.8, 4) is 11.5 Å². The van der Waals surface area contributed by atoms with E-state index >= 15 is 0 Å². The van der Waals surface area contributed by atoms with E-state index in [2.05, 4.69) is 0 Å². The summed E-state index contributed by atoms with van der Waals surface area (Å²) in [6.45, 7) is 7.34. The highest BCUT2D eigenvalue weighted by Gasteiger charge is 2.40. The first-order valence-corrected chi connectivity index (χ1v) is 8.16. The van der Waals surface area contributed by atoms with Gasteiger partial charge in [0.25, 0.3) is 5.91 Å². The van der Waals surface area contributed by atoms with E-state index in [0.717, 1.165) is 4.90 Å². The molecule has 7 nitrogen and oxygen atoms in total. The number of imide groups is 1. The second-order valence-electron chi connectivity index (χ2n) is 6.45. The van der Waals surface area contributed by atoms with E-state index in [-0.39, 0.29) is 18.6 Å². The number of rotatable bonds is 4. The molecule has 0 bridgehead atoms. The van der Waals surface area contributed by atoms with E-state index in [1.165, 1.54) is 19.1 Å². The average molecular weight is 348 g/mol. The third-order valence-electron chi connectivity index (χ3n) is 4.21. The van der Waals surface area contributed by atoms with Gasteiger partial charge in [-0.15, -0.1) is 0 Å². The van der Waals surface area contributed by atoms with Gasteiger partial charge >= 0.3 is 11.8 Å². The van der Waals surface area contributed by atoms with Crippen LogP contribution in [0.2, 0.25) is 0 Å². The fourth-order valence-corrected chi connectivity index (χ4v) is 3.10. The van der Waals surface area contributed by atoms with Crippen molar-refractivity contribution in [1.29, 1.82) is 0 Å². The lowest BCUT2D eigenvalue weighted by atomic mass is 10.1. The molecule has 3 amide bonds. The second kappa shape index (κ2) is 7.13. The Bertz CT molecular complexity index is 704. The Balaban J connectivity index is 2.35. The van der Waals surface area contributed by atoms with Crippen molar-refractivity contribution in [2.45, 2.75) is 46.3 Å². The predicted molar refractivity (Wildman–Crippen MR) is 91.5 cm³/mol. The van der Waals surface area contributed by atoms with Crippen LogP contribution in [0.1, 0.15) is 43.6 Å². The number of methoxy groups -OCH3 is 2. The van der Waals surface area contributed by atoms with Gasteiger partial charge in [-0.3, -0.25) is 19.3 Å². The smallest absolute Gasteiger partial charge is 0.319 e. The van der Waals surface area contributed by atoms with Gasteiger partial charge in [0, 0.05) is 23.7 Å².